The smallest absolute Gasteiger partial charge is 0.339 e. The van der Waals surface area contributed by atoms with Crippen molar-refractivity contribution in [1.29, 1.82) is 0 Å². The van der Waals surface area contributed by atoms with E-state index in [-0.39, 0.29) is 22.7 Å². The fraction of sp³-hybridized carbons (Fsp3) is 0. The Morgan fingerprint density at radius 3 is 2.00 bits per heavy atom. The number of aromatic hydroxyl groups is 1. The van der Waals surface area contributed by atoms with Gasteiger partial charge < -0.3 is 10.2 Å². The maximum atomic E-state index is 12.7. The standard InChI is InChI=1S/C18H12O4/c19-16(11-6-2-1-3-7-11)14-10-15(18(21)22)17(20)13-9-5-4-8-12(13)14/h1-10,20H,(H,21,22). The highest BCUT2D eigenvalue weighted by Crippen LogP contribution is 2.32. The quantitative estimate of drug-likeness (QED) is 0.725. The number of carbonyl (C=O) groups excluding carboxylic acids is 1. The summed E-state index contributed by atoms with van der Waals surface area (Å²) < 4.78 is 0. The highest BCUT2D eigenvalue weighted by molar-refractivity contribution is 6.19. The fourth-order valence-corrected chi connectivity index (χ4v) is 2.46. The monoisotopic (exact) mass is 292 g/mol. The van der Waals surface area contributed by atoms with Gasteiger partial charge in [-0.25, -0.2) is 4.79 Å². The van der Waals surface area contributed by atoms with Gasteiger partial charge in [-0.15, -0.1) is 0 Å². The predicted octanol–water partition coefficient (Wildman–Crippen LogP) is 3.47. The average Bonchev–Trinajstić information content (AvgIpc) is 2.55. The van der Waals surface area contributed by atoms with Crippen LogP contribution in [0.15, 0.2) is 60.7 Å². The Labute approximate surface area is 126 Å². The van der Waals surface area contributed by atoms with Gasteiger partial charge in [-0.05, 0) is 11.5 Å². The number of phenols is 1. The lowest BCUT2D eigenvalue weighted by atomic mass is 9.94. The summed E-state index contributed by atoms with van der Waals surface area (Å²) in [6.07, 6.45) is 0. The zero-order valence-corrected chi connectivity index (χ0v) is 11.5. The summed E-state index contributed by atoms with van der Waals surface area (Å²) in [6, 6.07) is 16.6. The highest BCUT2D eigenvalue weighted by Gasteiger charge is 2.20. The molecular formula is C18H12O4. The van der Waals surface area contributed by atoms with Crippen molar-refractivity contribution < 1.29 is 19.8 Å². The van der Waals surface area contributed by atoms with Crippen LogP contribution in [0.1, 0.15) is 26.3 Å². The third kappa shape index (κ3) is 2.20. The Hall–Kier alpha value is -3.14. The van der Waals surface area contributed by atoms with E-state index in [1.165, 1.54) is 6.07 Å². The molecule has 0 unspecified atom stereocenters. The summed E-state index contributed by atoms with van der Waals surface area (Å²) in [6.45, 7) is 0. The third-order valence-electron chi connectivity index (χ3n) is 3.53. The average molecular weight is 292 g/mol. The molecule has 0 bridgehead atoms. The number of hydrogen-bond donors (Lipinski definition) is 2. The van der Waals surface area contributed by atoms with Crippen molar-refractivity contribution in [3.8, 4) is 5.75 Å². The first-order valence-corrected chi connectivity index (χ1v) is 6.67. The summed E-state index contributed by atoms with van der Waals surface area (Å²) in [5.41, 5.74) is 0.449. The molecule has 108 valence electrons. The molecule has 2 N–H and O–H groups in total. The molecule has 0 aromatic heterocycles. The lowest BCUT2D eigenvalue weighted by molar-refractivity contribution is 0.0694. The Morgan fingerprint density at radius 1 is 0.773 bits per heavy atom. The van der Waals surface area contributed by atoms with Crippen LogP contribution in [0.4, 0.5) is 0 Å². The minimum Gasteiger partial charge on any atom is -0.506 e. The number of hydrogen-bond acceptors (Lipinski definition) is 3. The lowest BCUT2D eigenvalue weighted by Crippen LogP contribution is -2.06. The Morgan fingerprint density at radius 2 is 1.36 bits per heavy atom. The van der Waals surface area contributed by atoms with Gasteiger partial charge in [-0.3, -0.25) is 4.79 Å². The molecule has 3 aromatic carbocycles. The maximum Gasteiger partial charge on any atom is 0.339 e. The Balaban J connectivity index is 2.31. The number of aromatic carboxylic acids is 1. The molecule has 0 aliphatic heterocycles. The molecule has 0 spiro atoms. The molecule has 4 nitrogen and oxygen atoms in total. The van der Waals surface area contributed by atoms with Gasteiger partial charge in [0.15, 0.2) is 5.78 Å². The van der Waals surface area contributed by atoms with Gasteiger partial charge in [0.1, 0.15) is 11.3 Å². The number of carbonyl (C=O) groups is 2. The van der Waals surface area contributed by atoms with E-state index in [2.05, 4.69) is 0 Å². The lowest BCUT2D eigenvalue weighted by Gasteiger charge is -2.10. The third-order valence-corrected chi connectivity index (χ3v) is 3.53. The molecule has 0 aliphatic rings. The molecule has 0 heterocycles. The molecule has 3 aromatic rings. The minimum atomic E-state index is -1.27. The topological polar surface area (TPSA) is 74.6 Å². The number of carboxylic acid groups (broad SMARTS) is 1. The second kappa shape index (κ2) is 5.33. The van der Waals surface area contributed by atoms with Crippen molar-refractivity contribution in [2.45, 2.75) is 0 Å². The molecule has 0 atom stereocenters. The molecule has 0 amide bonds. The van der Waals surface area contributed by atoms with Crippen molar-refractivity contribution in [2.24, 2.45) is 0 Å². The molecule has 4 heteroatoms. The maximum absolute atomic E-state index is 12.7. The van der Waals surface area contributed by atoms with E-state index in [4.69, 9.17) is 0 Å². The van der Waals surface area contributed by atoms with Crippen molar-refractivity contribution in [1.82, 2.24) is 0 Å². The van der Waals surface area contributed by atoms with Crippen molar-refractivity contribution in [3.63, 3.8) is 0 Å². The van der Waals surface area contributed by atoms with E-state index < -0.39 is 5.97 Å². The van der Waals surface area contributed by atoms with Gasteiger partial charge in [-0.1, -0.05) is 54.6 Å². The normalized spacial score (nSPS) is 10.5. The van der Waals surface area contributed by atoms with E-state index >= 15 is 0 Å². The zero-order valence-electron chi connectivity index (χ0n) is 11.5. The predicted molar refractivity (Wildman–Crippen MR) is 82.4 cm³/mol. The molecule has 22 heavy (non-hydrogen) atoms. The largest absolute Gasteiger partial charge is 0.506 e. The van der Waals surface area contributed by atoms with Crippen molar-refractivity contribution in [3.05, 3.63) is 77.4 Å². The van der Waals surface area contributed by atoms with E-state index in [9.17, 15) is 19.8 Å². The summed E-state index contributed by atoms with van der Waals surface area (Å²) in [5.74, 6) is -1.88. The van der Waals surface area contributed by atoms with Crippen LogP contribution in [-0.4, -0.2) is 22.0 Å². The van der Waals surface area contributed by atoms with Crippen LogP contribution in [0.3, 0.4) is 0 Å². The van der Waals surface area contributed by atoms with Crippen molar-refractivity contribution in [2.75, 3.05) is 0 Å². The van der Waals surface area contributed by atoms with E-state index in [1.54, 1.807) is 54.6 Å². The minimum absolute atomic E-state index is 0.261. The molecule has 0 saturated carbocycles. The van der Waals surface area contributed by atoms with Gasteiger partial charge in [0.2, 0.25) is 0 Å². The molecule has 0 aliphatic carbocycles. The molecule has 0 fully saturated rings. The van der Waals surface area contributed by atoms with Crippen LogP contribution in [0.2, 0.25) is 0 Å². The first-order valence-electron chi connectivity index (χ1n) is 6.67. The van der Waals surface area contributed by atoms with E-state index in [1.807, 2.05) is 0 Å². The SMILES string of the molecule is O=C(O)c1cc(C(=O)c2ccccc2)c2ccccc2c1O. The number of rotatable bonds is 3. The second-order valence-corrected chi connectivity index (χ2v) is 4.87. The van der Waals surface area contributed by atoms with Crippen molar-refractivity contribution >= 4 is 22.5 Å². The number of carboxylic acids is 1. The molecule has 3 rings (SSSR count). The summed E-state index contributed by atoms with van der Waals surface area (Å²) >= 11 is 0. The molecule has 0 saturated heterocycles. The van der Waals surface area contributed by atoms with Crippen LogP contribution >= 0.6 is 0 Å². The fourth-order valence-electron chi connectivity index (χ4n) is 2.46. The van der Waals surface area contributed by atoms with Gasteiger partial charge in [-0.2, -0.15) is 0 Å². The first-order chi connectivity index (χ1) is 10.6. The van der Waals surface area contributed by atoms with Gasteiger partial charge >= 0.3 is 5.97 Å². The van der Waals surface area contributed by atoms with Crippen LogP contribution in [0.5, 0.6) is 5.75 Å². The first kappa shape index (κ1) is 13.8. The number of ketones is 1. The summed E-state index contributed by atoms with van der Waals surface area (Å²) in [7, 11) is 0. The summed E-state index contributed by atoms with van der Waals surface area (Å²) in [4.78, 5) is 24.0. The van der Waals surface area contributed by atoms with E-state index in [0.717, 1.165) is 0 Å². The summed E-state index contributed by atoms with van der Waals surface area (Å²) in [5, 5.41) is 20.2. The zero-order chi connectivity index (χ0) is 15.7. The van der Waals surface area contributed by atoms with E-state index in [0.29, 0.717) is 16.3 Å². The van der Waals surface area contributed by atoms with Gasteiger partial charge in [0.25, 0.3) is 0 Å². The number of benzene rings is 3. The highest BCUT2D eigenvalue weighted by atomic mass is 16.4. The molecular weight excluding hydrogens is 280 g/mol. The van der Waals surface area contributed by atoms with Gasteiger partial charge in [0, 0.05) is 16.5 Å². The Kier molecular flexibility index (Phi) is 3.35. The van der Waals surface area contributed by atoms with Crippen LogP contribution in [0, 0.1) is 0 Å². The molecule has 0 radical (unpaired) electrons. The second-order valence-electron chi connectivity index (χ2n) is 4.87. The van der Waals surface area contributed by atoms with Crippen LogP contribution in [-0.2, 0) is 0 Å². The van der Waals surface area contributed by atoms with Crippen LogP contribution in [0.25, 0.3) is 10.8 Å². The van der Waals surface area contributed by atoms with Crippen LogP contribution < -0.4 is 0 Å². The number of fused-ring (bicyclic) bond motifs is 1. The Bertz CT molecular complexity index is 882. The van der Waals surface area contributed by atoms with Gasteiger partial charge in [0.05, 0.1) is 0 Å².